The van der Waals surface area contributed by atoms with Crippen molar-refractivity contribution in [2.24, 2.45) is 0 Å². The molecule has 0 aromatic carbocycles. The second-order valence-corrected chi connectivity index (χ2v) is 13.2. The van der Waals surface area contributed by atoms with Crippen molar-refractivity contribution in [3.05, 3.63) is 0 Å². The van der Waals surface area contributed by atoms with Gasteiger partial charge in [-0.2, -0.15) is 0 Å². The molecule has 3 nitrogen and oxygen atoms in total. The molecule has 0 aromatic heterocycles. The summed E-state index contributed by atoms with van der Waals surface area (Å²) in [5.41, 5.74) is 0. The van der Waals surface area contributed by atoms with Crippen LogP contribution in [0.3, 0.4) is 0 Å². The lowest BCUT2D eigenvalue weighted by Gasteiger charge is -2.14. The Morgan fingerprint density at radius 2 is 0.707 bits per heavy atom. The minimum atomic E-state index is -0.847. The highest BCUT2D eigenvalue weighted by molar-refractivity contribution is 7.80. The van der Waals surface area contributed by atoms with Gasteiger partial charge in [-0.1, -0.05) is 181 Å². The van der Waals surface area contributed by atoms with Gasteiger partial charge in [-0.25, -0.2) is 0 Å². The smallest absolute Gasteiger partial charge is 0.189 e. The molecule has 0 aliphatic rings. The molecule has 1 N–H and O–H groups in total. The van der Waals surface area contributed by atoms with Crippen LogP contribution in [0.4, 0.5) is 0 Å². The SMILES string of the molecule is CCCCCCCCCCCCCCCCOC(=S)CC(O)C(=S)OCCCCCCCCCCCCCCCC. The molecule has 0 saturated carbocycles. The van der Waals surface area contributed by atoms with Gasteiger partial charge in [0.1, 0.15) is 6.10 Å². The van der Waals surface area contributed by atoms with E-state index in [1.54, 1.807) is 0 Å². The summed E-state index contributed by atoms with van der Waals surface area (Å²) in [5, 5.41) is 11.0. The van der Waals surface area contributed by atoms with Crippen molar-refractivity contribution in [2.75, 3.05) is 13.2 Å². The third-order valence-electron chi connectivity index (χ3n) is 8.14. The predicted molar refractivity (Wildman–Crippen MR) is 188 cm³/mol. The Kier molecular flexibility index (Phi) is 34.0. The van der Waals surface area contributed by atoms with Gasteiger partial charge in [0, 0.05) is 0 Å². The average Bonchev–Trinajstić information content (AvgIpc) is 2.96. The van der Waals surface area contributed by atoms with E-state index >= 15 is 0 Å². The Labute approximate surface area is 267 Å². The van der Waals surface area contributed by atoms with E-state index in [9.17, 15) is 5.11 Å². The minimum absolute atomic E-state index is 0.252. The monoisotopic (exact) mass is 614 g/mol. The van der Waals surface area contributed by atoms with Crippen LogP contribution in [0.15, 0.2) is 0 Å². The fourth-order valence-corrected chi connectivity index (χ4v) is 5.76. The first-order valence-electron chi connectivity index (χ1n) is 18.1. The van der Waals surface area contributed by atoms with Crippen molar-refractivity contribution in [1.29, 1.82) is 0 Å². The molecule has 0 rings (SSSR count). The van der Waals surface area contributed by atoms with Crippen LogP contribution in [0.25, 0.3) is 0 Å². The minimum Gasteiger partial charge on any atom is -0.487 e. The Bertz CT molecular complexity index is 555. The van der Waals surface area contributed by atoms with E-state index < -0.39 is 6.10 Å². The van der Waals surface area contributed by atoms with Crippen LogP contribution in [0, 0.1) is 0 Å². The number of ether oxygens (including phenoxy) is 2. The third kappa shape index (κ3) is 32.5. The fourth-order valence-electron chi connectivity index (χ4n) is 5.35. The van der Waals surface area contributed by atoms with Crippen molar-refractivity contribution in [3.8, 4) is 0 Å². The highest BCUT2D eigenvalue weighted by atomic mass is 32.1. The van der Waals surface area contributed by atoms with Crippen LogP contribution >= 0.6 is 24.4 Å². The highest BCUT2D eigenvalue weighted by Crippen LogP contribution is 2.15. The molecular weight excluding hydrogens is 545 g/mol. The third-order valence-corrected chi connectivity index (χ3v) is 8.81. The van der Waals surface area contributed by atoms with E-state index in [4.69, 9.17) is 33.9 Å². The molecule has 0 aromatic rings. The molecule has 0 saturated heterocycles. The molecule has 0 amide bonds. The quantitative estimate of drug-likeness (QED) is 0.0588. The summed E-state index contributed by atoms with van der Waals surface area (Å²) in [7, 11) is 0. The van der Waals surface area contributed by atoms with E-state index in [1.807, 2.05) is 0 Å². The van der Waals surface area contributed by atoms with Crippen LogP contribution < -0.4 is 0 Å². The molecular formula is C36H70O3S2. The summed E-state index contributed by atoms with van der Waals surface area (Å²) in [6.45, 7) is 5.78. The standard InChI is InChI=1S/C36H70O3S2/c1-3-5-7-9-11-13-15-17-19-21-23-25-27-29-31-38-35(40)33-34(37)36(41)39-32-30-28-26-24-22-20-18-16-14-12-10-8-6-4-2/h34,37H,3-33H2,1-2H3. The maximum Gasteiger partial charge on any atom is 0.189 e. The summed E-state index contributed by atoms with van der Waals surface area (Å²) >= 11 is 10.6. The van der Waals surface area contributed by atoms with Crippen molar-refractivity contribution in [3.63, 3.8) is 0 Å². The fraction of sp³-hybridized carbons (Fsp3) is 0.944. The molecule has 0 aliphatic heterocycles. The van der Waals surface area contributed by atoms with E-state index in [1.165, 1.54) is 161 Å². The first-order valence-corrected chi connectivity index (χ1v) is 18.9. The number of aliphatic hydroxyl groups excluding tert-OH is 1. The van der Waals surface area contributed by atoms with Crippen LogP contribution in [-0.4, -0.2) is 34.5 Å². The Morgan fingerprint density at radius 1 is 0.439 bits per heavy atom. The van der Waals surface area contributed by atoms with Crippen molar-refractivity contribution < 1.29 is 14.6 Å². The van der Waals surface area contributed by atoms with Gasteiger partial charge < -0.3 is 14.6 Å². The molecule has 244 valence electrons. The Hall–Kier alpha value is -0.260. The van der Waals surface area contributed by atoms with Crippen molar-refractivity contribution in [2.45, 2.75) is 206 Å². The molecule has 0 bridgehead atoms. The lowest BCUT2D eigenvalue weighted by molar-refractivity contribution is 0.186. The van der Waals surface area contributed by atoms with Gasteiger partial charge in [-0.05, 0) is 37.3 Å². The molecule has 0 fully saturated rings. The van der Waals surface area contributed by atoms with Gasteiger partial charge in [0.05, 0.1) is 19.6 Å². The second-order valence-electron chi connectivity index (χ2n) is 12.3. The van der Waals surface area contributed by atoms with Crippen LogP contribution in [-0.2, 0) is 9.47 Å². The molecule has 0 heterocycles. The van der Waals surface area contributed by atoms with Gasteiger partial charge in [-0.15, -0.1) is 0 Å². The first-order chi connectivity index (χ1) is 20.1. The predicted octanol–water partition coefficient (Wildman–Crippen LogP) is 12.4. The number of rotatable bonds is 33. The number of unbranched alkanes of at least 4 members (excludes halogenated alkanes) is 26. The zero-order valence-corrected chi connectivity index (χ0v) is 29.2. The van der Waals surface area contributed by atoms with Gasteiger partial charge in [-0.3, -0.25) is 0 Å². The summed E-state index contributed by atoms with van der Waals surface area (Å²) in [4.78, 5) is 0. The molecule has 0 spiro atoms. The van der Waals surface area contributed by atoms with Gasteiger partial charge in [0.2, 0.25) is 0 Å². The molecule has 0 radical (unpaired) electrons. The normalized spacial score (nSPS) is 12.0. The maximum absolute atomic E-state index is 10.3. The summed E-state index contributed by atoms with van der Waals surface area (Å²) in [6.07, 6.45) is 36.9. The zero-order chi connectivity index (χ0) is 30.1. The number of aliphatic hydroxyl groups is 1. The van der Waals surface area contributed by atoms with Crippen molar-refractivity contribution >= 4 is 34.5 Å². The second kappa shape index (κ2) is 34.2. The van der Waals surface area contributed by atoms with Crippen LogP contribution in [0.2, 0.25) is 0 Å². The molecule has 41 heavy (non-hydrogen) atoms. The average molecular weight is 615 g/mol. The summed E-state index contributed by atoms with van der Waals surface area (Å²) in [6, 6.07) is 0. The molecule has 0 aliphatic carbocycles. The molecule has 1 unspecified atom stereocenters. The van der Waals surface area contributed by atoms with Gasteiger partial charge in [0.15, 0.2) is 10.1 Å². The van der Waals surface area contributed by atoms with E-state index in [0.29, 0.717) is 18.3 Å². The molecule has 5 heteroatoms. The largest absolute Gasteiger partial charge is 0.487 e. The zero-order valence-electron chi connectivity index (χ0n) is 27.6. The van der Waals surface area contributed by atoms with Crippen molar-refractivity contribution in [1.82, 2.24) is 0 Å². The van der Waals surface area contributed by atoms with Gasteiger partial charge >= 0.3 is 0 Å². The first kappa shape index (κ1) is 40.7. The van der Waals surface area contributed by atoms with E-state index in [0.717, 1.165) is 19.3 Å². The topological polar surface area (TPSA) is 38.7 Å². The van der Waals surface area contributed by atoms with E-state index in [-0.39, 0.29) is 11.5 Å². The maximum atomic E-state index is 10.3. The van der Waals surface area contributed by atoms with Crippen LogP contribution in [0.1, 0.15) is 200 Å². The lowest BCUT2D eigenvalue weighted by Crippen LogP contribution is -2.25. The number of hydrogen-bond acceptors (Lipinski definition) is 5. The summed E-state index contributed by atoms with van der Waals surface area (Å²) < 4.78 is 11.3. The lowest BCUT2D eigenvalue weighted by atomic mass is 10.0. The van der Waals surface area contributed by atoms with Crippen LogP contribution in [0.5, 0.6) is 0 Å². The highest BCUT2D eigenvalue weighted by Gasteiger charge is 2.15. The van der Waals surface area contributed by atoms with Gasteiger partial charge in [0.25, 0.3) is 0 Å². The Balaban J connectivity index is 3.40. The van der Waals surface area contributed by atoms with E-state index in [2.05, 4.69) is 13.8 Å². The number of thiocarbonyl (C=S) groups is 2. The summed E-state index contributed by atoms with van der Waals surface area (Å²) in [5.74, 6) is 0. The number of hydrogen-bond donors (Lipinski definition) is 1. The Morgan fingerprint density at radius 3 is 1.02 bits per heavy atom. The molecule has 1 atom stereocenters.